The van der Waals surface area contributed by atoms with Crippen molar-refractivity contribution in [3.63, 3.8) is 0 Å². The third-order valence-electron chi connectivity index (χ3n) is 2.54. The number of thiophene rings is 1. The third-order valence-corrected chi connectivity index (χ3v) is 3.42. The van der Waals surface area contributed by atoms with Gasteiger partial charge >= 0.3 is 7.12 Å². The topological polar surface area (TPSA) is 100 Å². The zero-order valence-corrected chi connectivity index (χ0v) is 10.8. The molecular weight excluding hydrogens is 271 g/mol. The highest BCUT2D eigenvalue weighted by molar-refractivity contribution is 7.13. The molecule has 0 bridgehead atoms. The number of hydrogen-bond acceptors (Lipinski definition) is 7. The van der Waals surface area contributed by atoms with Crippen LogP contribution in [0.25, 0.3) is 0 Å². The summed E-state index contributed by atoms with van der Waals surface area (Å²) in [6.07, 6.45) is 0. The lowest BCUT2D eigenvalue weighted by molar-refractivity contribution is -0.115. The molecule has 7 nitrogen and oxygen atoms in total. The van der Waals surface area contributed by atoms with Crippen LogP contribution in [0.1, 0.15) is 4.88 Å². The lowest BCUT2D eigenvalue weighted by Crippen LogP contribution is -2.51. The summed E-state index contributed by atoms with van der Waals surface area (Å²) in [6, 6.07) is 3.40. The Morgan fingerprint density at radius 2 is 2.42 bits per heavy atom. The van der Waals surface area contributed by atoms with Crippen LogP contribution in [-0.2, 0) is 14.2 Å². The summed E-state index contributed by atoms with van der Waals surface area (Å²) in [5.74, 6) is -1.30. The molecule has 0 aromatic carbocycles. The van der Waals surface area contributed by atoms with Gasteiger partial charge in [0.1, 0.15) is 0 Å². The maximum Gasteiger partial charge on any atom is 0.480 e. The van der Waals surface area contributed by atoms with E-state index in [9.17, 15) is 9.82 Å². The van der Waals surface area contributed by atoms with Gasteiger partial charge in [0.15, 0.2) is 5.71 Å². The molecule has 1 unspecified atom stereocenters. The Hall–Kier alpha value is -1.42. The van der Waals surface area contributed by atoms with E-state index in [0.29, 0.717) is 11.5 Å². The molecule has 0 aliphatic carbocycles. The second-order valence-corrected chi connectivity index (χ2v) is 4.79. The molecule has 1 atom stereocenters. The first kappa shape index (κ1) is 14.0. The third kappa shape index (κ3) is 3.54. The van der Waals surface area contributed by atoms with Crippen molar-refractivity contribution in [3.8, 4) is 0 Å². The number of carbonyl (C=O) groups excluding carboxylic acids is 1. The fraction of sp³-hybridized carbons (Fsp3) is 0.400. The molecule has 2 heterocycles. The molecule has 0 spiro atoms. The summed E-state index contributed by atoms with van der Waals surface area (Å²) < 4.78 is 10.2. The van der Waals surface area contributed by atoms with E-state index in [1.165, 1.54) is 11.3 Å². The molecule has 102 valence electrons. The number of rotatable bonds is 3. The lowest BCUT2D eigenvalue weighted by atomic mass is 9.79. The standard InChI is InChI=1S/C10H13BN2O5S/c14-10(9(13-16)7-2-1-5-19-7)12-8-6-17-3-4-18-11(8)15/h1-2,5,8,15-16H,3-4,6H2,(H,12,14)/b13-9-. The first-order valence-corrected chi connectivity index (χ1v) is 6.54. The Labute approximate surface area is 114 Å². The van der Waals surface area contributed by atoms with Crippen molar-refractivity contribution in [2.75, 3.05) is 19.8 Å². The van der Waals surface area contributed by atoms with Crippen LogP contribution in [0.2, 0.25) is 0 Å². The fourth-order valence-electron chi connectivity index (χ4n) is 1.61. The molecule has 2 rings (SSSR count). The van der Waals surface area contributed by atoms with Gasteiger partial charge in [0.25, 0.3) is 5.91 Å². The van der Waals surface area contributed by atoms with E-state index in [1.54, 1.807) is 17.5 Å². The molecule has 1 amide bonds. The number of nitrogens with zero attached hydrogens (tertiary/aromatic N) is 1. The average molecular weight is 284 g/mol. The van der Waals surface area contributed by atoms with Gasteiger partial charge in [-0.05, 0) is 11.4 Å². The van der Waals surface area contributed by atoms with Gasteiger partial charge in [-0.15, -0.1) is 11.3 Å². The Kier molecular flexibility index (Phi) is 4.91. The number of ether oxygens (including phenoxy) is 1. The number of hydrogen-bond donors (Lipinski definition) is 3. The summed E-state index contributed by atoms with van der Waals surface area (Å²) in [7, 11) is -1.14. The monoisotopic (exact) mass is 284 g/mol. The summed E-state index contributed by atoms with van der Waals surface area (Å²) in [5, 5.41) is 25.9. The Morgan fingerprint density at radius 1 is 1.58 bits per heavy atom. The summed E-state index contributed by atoms with van der Waals surface area (Å²) in [6.45, 7) is 0.755. The van der Waals surface area contributed by atoms with Gasteiger partial charge in [0.2, 0.25) is 0 Å². The predicted octanol–water partition coefficient (Wildman–Crippen LogP) is -0.522. The number of nitrogens with one attached hydrogen (secondary N) is 1. The quantitative estimate of drug-likeness (QED) is 0.300. The van der Waals surface area contributed by atoms with Crippen molar-refractivity contribution in [1.82, 2.24) is 5.32 Å². The van der Waals surface area contributed by atoms with Gasteiger partial charge in [0, 0.05) is 0 Å². The van der Waals surface area contributed by atoms with E-state index in [-0.39, 0.29) is 18.9 Å². The highest BCUT2D eigenvalue weighted by Gasteiger charge is 2.32. The van der Waals surface area contributed by atoms with E-state index in [1.807, 2.05) is 0 Å². The highest BCUT2D eigenvalue weighted by atomic mass is 32.1. The van der Waals surface area contributed by atoms with Crippen LogP contribution < -0.4 is 5.32 Å². The molecule has 0 radical (unpaired) electrons. The Morgan fingerprint density at radius 3 is 3.11 bits per heavy atom. The van der Waals surface area contributed by atoms with Gasteiger partial charge in [0.05, 0.1) is 30.6 Å². The van der Waals surface area contributed by atoms with Crippen molar-refractivity contribution < 1.29 is 24.4 Å². The molecule has 0 saturated carbocycles. The van der Waals surface area contributed by atoms with Crippen molar-refractivity contribution in [2.24, 2.45) is 5.16 Å². The van der Waals surface area contributed by atoms with Crippen molar-refractivity contribution in [3.05, 3.63) is 22.4 Å². The van der Waals surface area contributed by atoms with Crippen molar-refractivity contribution >= 4 is 30.1 Å². The molecule has 19 heavy (non-hydrogen) atoms. The van der Waals surface area contributed by atoms with Crippen LogP contribution >= 0.6 is 11.3 Å². The molecule has 1 fully saturated rings. The molecule has 9 heteroatoms. The largest absolute Gasteiger partial charge is 0.480 e. The SMILES string of the molecule is O=C(NC1COCCOB1O)/C(=N\O)c1cccs1. The summed E-state index contributed by atoms with van der Waals surface area (Å²) >= 11 is 1.27. The van der Waals surface area contributed by atoms with E-state index in [0.717, 1.165) is 0 Å². The average Bonchev–Trinajstić information content (AvgIpc) is 2.84. The Bertz CT molecular complexity index is 453. The molecular formula is C10H13BN2O5S. The van der Waals surface area contributed by atoms with E-state index < -0.39 is 19.0 Å². The smallest absolute Gasteiger partial charge is 0.426 e. The summed E-state index contributed by atoms with van der Waals surface area (Å²) in [4.78, 5) is 12.5. The van der Waals surface area contributed by atoms with Crippen LogP contribution in [-0.4, -0.2) is 54.7 Å². The second-order valence-electron chi connectivity index (χ2n) is 3.84. The van der Waals surface area contributed by atoms with Crippen LogP contribution in [0.4, 0.5) is 0 Å². The molecule has 1 aliphatic heterocycles. The molecule has 1 aliphatic rings. The lowest BCUT2D eigenvalue weighted by Gasteiger charge is -2.17. The van der Waals surface area contributed by atoms with Gasteiger partial charge in [-0.25, -0.2) is 0 Å². The van der Waals surface area contributed by atoms with Gasteiger partial charge < -0.3 is 24.9 Å². The minimum absolute atomic E-state index is 0.105. The normalized spacial score (nSPS) is 21.0. The van der Waals surface area contributed by atoms with E-state index >= 15 is 0 Å². The van der Waals surface area contributed by atoms with Crippen molar-refractivity contribution in [1.29, 1.82) is 0 Å². The maximum atomic E-state index is 12.0. The zero-order valence-electron chi connectivity index (χ0n) is 9.98. The van der Waals surface area contributed by atoms with Crippen LogP contribution in [0.3, 0.4) is 0 Å². The molecule has 1 aromatic rings. The van der Waals surface area contributed by atoms with Gasteiger partial charge in [-0.3, -0.25) is 4.79 Å². The Balaban J connectivity index is 2.03. The molecule has 3 N–H and O–H groups in total. The molecule has 1 saturated heterocycles. The second kappa shape index (κ2) is 6.66. The number of oxime groups is 1. The van der Waals surface area contributed by atoms with Crippen LogP contribution in [0.5, 0.6) is 0 Å². The molecule has 1 aromatic heterocycles. The van der Waals surface area contributed by atoms with E-state index in [4.69, 9.17) is 14.6 Å². The minimum atomic E-state index is -1.14. The zero-order chi connectivity index (χ0) is 13.7. The number of carbonyl (C=O) groups is 1. The first-order chi connectivity index (χ1) is 9.22. The first-order valence-electron chi connectivity index (χ1n) is 5.66. The fourth-order valence-corrected chi connectivity index (χ4v) is 2.31. The maximum absolute atomic E-state index is 12.0. The van der Waals surface area contributed by atoms with E-state index in [2.05, 4.69) is 10.5 Å². The minimum Gasteiger partial charge on any atom is -0.426 e. The number of amides is 1. The van der Waals surface area contributed by atoms with Crippen LogP contribution in [0, 0.1) is 0 Å². The summed E-state index contributed by atoms with van der Waals surface area (Å²) in [5.41, 5.74) is -0.105. The van der Waals surface area contributed by atoms with Crippen molar-refractivity contribution in [2.45, 2.75) is 5.94 Å². The highest BCUT2D eigenvalue weighted by Crippen LogP contribution is 2.10. The van der Waals surface area contributed by atoms with Gasteiger partial charge in [-0.1, -0.05) is 11.2 Å². The van der Waals surface area contributed by atoms with Crippen LogP contribution in [0.15, 0.2) is 22.7 Å². The van der Waals surface area contributed by atoms with Gasteiger partial charge in [-0.2, -0.15) is 0 Å². The predicted molar refractivity (Wildman–Crippen MR) is 69.3 cm³/mol.